The predicted molar refractivity (Wildman–Crippen MR) is 100 cm³/mol. The van der Waals surface area contributed by atoms with E-state index in [0.717, 1.165) is 30.8 Å². The third-order valence-corrected chi connectivity index (χ3v) is 5.65. The first-order valence-corrected chi connectivity index (χ1v) is 9.81. The molecule has 27 heavy (non-hydrogen) atoms. The summed E-state index contributed by atoms with van der Waals surface area (Å²) in [5.74, 6) is 1.36. The number of rotatable bonds is 4. The molecule has 2 aliphatic rings. The van der Waals surface area contributed by atoms with Crippen LogP contribution in [0.4, 0.5) is 0 Å². The molecule has 2 aromatic heterocycles. The third-order valence-electron chi connectivity index (χ3n) is 5.65. The number of ether oxygens (including phenoxy) is 1. The largest absolute Gasteiger partial charge is 0.368 e. The van der Waals surface area contributed by atoms with Crippen molar-refractivity contribution in [1.29, 1.82) is 0 Å². The maximum atomic E-state index is 12.6. The fraction of sp³-hybridized carbons (Fsp3) is 0.600. The molecule has 0 aliphatic carbocycles. The molecule has 0 atom stereocenters. The van der Waals surface area contributed by atoms with Gasteiger partial charge in [-0.2, -0.15) is 0 Å². The average Bonchev–Trinajstić information content (AvgIpc) is 3.20. The molecule has 0 aromatic carbocycles. The van der Waals surface area contributed by atoms with Crippen molar-refractivity contribution in [2.45, 2.75) is 57.6 Å². The van der Waals surface area contributed by atoms with Crippen LogP contribution in [-0.4, -0.2) is 50.0 Å². The summed E-state index contributed by atoms with van der Waals surface area (Å²) in [5, 5.41) is 0. The van der Waals surface area contributed by atoms with E-state index in [9.17, 15) is 4.79 Å². The summed E-state index contributed by atoms with van der Waals surface area (Å²) in [5.41, 5.74) is 1.89. The topological polar surface area (TPSA) is 73.1 Å². The van der Waals surface area contributed by atoms with Crippen molar-refractivity contribution in [3.63, 3.8) is 0 Å². The highest BCUT2D eigenvalue weighted by Gasteiger charge is 2.43. The summed E-state index contributed by atoms with van der Waals surface area (Å²) in [6.45, 7) is 7.02. The van der Waals surface area contributed by atoms with Crippen LogP contribution in [0.15, 0.2) is 24.9 Å². The van der Waals surface area contributed by atoms with E-state index in [1.165, 1.54) is 5.56 Å². The fourth-order valence-corrected chi connectivity index (χ4v) is 4.00. The highest BCUT2D eigenvalue weighted by atomic mass is 16.5. The number of piperidine rings is 1. The molecule has 0 radical (unpaired) electrons. The first-order valence-electron chi connectivity index (χ1n) is 9.81. The predicted octanol–water partition coefficient (Wildman–Crippen LogP) is 2.28. The van der Waals surface area contributed by atoms with Crippen LogP contribution in [0.1, 0.15) is 56.1 Å². The molecule has 1 fully saturated rings. The molecule has 2 aromatic rings. The summed E-state index contributed by atoms with van der Waals surface area (Å²) in [6.07, 6.45) is 10.3. The van der Waals surface area contributed by atoms with Crippen LogP contribution < -0.4 is 0 Å². The summed E-state index contributed by atoms with van der Waals surface area (Å²) >= 11 is 0. The lowest BCUT2D eigenvalue weighted by atomic mass is 9.83. The highest BCUT2D eigenvalue weighted by molar-refractivity contribution is 5.76. The fourth-order valence-electron chi connectivity index (χ4n) is 4.00. The van der Waals surface area contributed by atoms with Crippen molar-refractivity contribution < 1.29 is 9.53 Å². The van der Waals surface area contributed by atoms with Crippen molar-refractivity contribution in [2.75, 3.05) is 19.7 Å². The quantitative estimate of drug-likeness (QED) is 0.827. The molecule has 1 spiro atoms. The molecular weight excluding hydrogens is 342 g/mol. The van der Waals surface area contributed by atoms with Crippen molar-refractivity contribution in [3.8, 4) is 0 Å². The monoisotopic (exact) mass is 369 g/mol. The molecular formula is C20H27N5O2. The zero-order valence-corrected chi connectivity index (χ0v) is 16.1. The van der Waals surface area contributed by atoms with Gasteiger partial charge in [-0.25, -0.2) is 15.0 Å². The SMILES string of the molecule is CC(C)c1ncc2c(n1)C1(CCN(C(=O)CCn3ccnc3)CC1)OCC2. The molecule has 7 heteroatoms. The van der Waals surface area contributed by atoms with Gasteiger partial charge in [0.15, 0.2) is 0 Å². The number of amides is 1. The van der Waals surface area contributed by atoms with Crippen molar-refractivity contribution >= 4 is 5.91 Å². The van der Waals surface area contributed by atoms with Gasteiger partial charge in [0.05, 0.1) is 18.6 Å². The minimum absolute atomic E-state index is 0.195. The Bertz CT molecular complexity index is 795. The third kappa shape index (κ3) is 3.60. The molecule has 4 rings (SSSR count). The van der Waals surface area contributed by atoms with Gasteiger partial charge >= 0.3 is 0 Å². The van der Waals surface area contributed by atoms with Gasteiger partial charge in [0.2, 0.25) is 5.91 Å². The van der Waals surface area contributed by atoms with Gasteiger partial charge in [-0.1, -0.05) is 13.8 Å². The second-order valence-electron chi connectivity index (χ2n) is 7.78. The zero-order valence-electron chi connectivity index (χ0n) is 16.1. The lowest BCUT2D eigenvalue weighted by molar-refractivity contribution is -0.141. The van der Waals surface area contributed by atoms with Crippen LogP contribution in [0.5, 0.6) is 0 Å². The molecule has 0 saturated carbocycles. The Hall–Kier alpha value is -2.28. The lowest BCUT2D eigenvalue weighted by Gasteiger charge is -2.44. The van der Waals surface area contributed by atoms with Crippen molar-refractivity contribution in [1.82, 2.24) is 24.4 Å². The smallest absolute Gasteiger partial charge is 0.224 e. The van der Waals surface area contributed by atoms with Gasteiger partial charge in [-0.3, -0.25) is 4.79 Å². The number of fused-ring (bicyclic) bond motifs is 2. The van der Waals surface area contributed by atoms with Gasteiger partial charge in [0.1, 0.15) is 11.4 Å². The van der Waals surface area contributed by atoms with Gasteiger partial charge in [0.25, 0.3) is 0 Å². The van der Waals surface area contributed by atoms with Gasteiger partial charge in [-0.15, -0.1) is 0 Å². The number of imidazole rings is 1. The number of carbonyl (C=O) groups excluding carboxylic acids is 1. The normalized spacial score (nSPS) is 18.7. The second-order valence-corrected chi connectivity index (χ2v) is 7.78. The average molecular weight is 369 g/mol. The van der Waals surface area contributed by atoms with Crippen LogP contribution >= 0.6 is 0 Å². The van der Waals surface area contributed by atoms with E-state index in [4.69, 9.17) is 9.72 Å². The van der Waals surface area contributed by atoms with E-state index in [0.29, 0.717) is 38.6 Å². The van der Waals surface area contributed by atoms with Gasteiger partial charge < -0.3 is 14.2 Å². The Morgan fingerprint density at radius 3 is 2.85 bits per heavy atom. The number of hydrogen-bond donors (Lipinski definition) is 0. The number of carbonyl (C=O) groups is 1. The first-order chi connectivity index (χ1) is 13.1. The Morgan fingerprint density at radius 1 is 1.33 bits per heavy atom. The Morgan fingerprint density at radius 2 is 2.15 bits per heavy atom. The van der Waals surface area contributed by atoms with Crippen molar-refractivity contribution in [2.24, 2.45) is 0 Å². The van der Waals surface area contributed by atoms with E-state index in [1.807, 2.05) is 21.9 Å². The minimum Gasteiger partial charge on any atom is -0.368 e. The zero-order chi connectivity index (χ0) is 18.9. The minimum atomic E-state index is -0.360. The summed E-state index contributed by atoms with van der Waals surface area (Å²) in [6, 6.07) is 0. The summed E-state index contributed by atoms with van der Waals surface area (Å²) in [7, 11) is 0. The number of aromatic nitrogens is 4. The number of hydrogen-bond acceptors (Lipinski definition) is 5. The van der Waals surface area contributed by atoms with E-state index >= 15 is 0 Å². The lowest BCUT2D eigenvalue weighted by Crippen LogP contribution is -2.49. The molecule has 4 heterocycles. The Balaban J connectivity index is 1.44. The Labute approximate surface area is 159 Å². The second kappa shape index (κ2) is 7.38. The summed E-state index contributed by atoms with van der Waals surface area (Å²) < 4.78 is 8.21. The molecule has 0 unspecified atom stereocenters. The van der Waals surface area contributed by atoms with E-state index < -0.39 is 0 Å². The molecule has 7 nitrogen and oxygen atoms in total. The van der Waals surface area contributed by atoms with E-state index in [2.05, 4.69) is 23.8 Å². The highest BCUT2D eigenvalue weighted by Crippen LogP contribution is 2.40. The van der Waals surface area contributed by atoms with Crippen LogP contribution in [0.25, 0.3) is 0 Å². The molecule has 0 bridgehead atoms. The number of aryl methyl sites for hydroxylation is 1. The molecule has 144 valence electrons. The molecule has 0 N–H and O–H groups in total. The maximum Gasteiger partial charge on any atom is 0.224 e. The van der Waals surface area contributed by atoms with Crippen LogP contribution in [-0.2, 0) is 28.1 Å². The Kier molecular flexibility index (Phi) is 4.95. The first kappa shape index (κ1) is 18.1. The van der Waals surface area contributed by atoms with Gasteiger partial charge in [0, 0.05) is 50.6 Å². The number of nitrogens with zero attached hydrogens (tertiary/aromatic N) is 5. The number of likely N-dealkylation sites (tertiary alicyclic amines) is 1. The van der Waals surface area contributed by atoms with E-state index in [-0.39, 0.29) is 11.5 Å². The van der Waals surface area contributed by atoms with E-state index in [1.54, 1.807) is 12.5 Å². The van der Waals surface area contributed by atoms with Crippen LogP contribution in [0, 0.1) is 0 Å². The van der Waals surface area contributed by atoms with Gasteiger partial charge in [-0.05, 0) is 24.8 Å². The maximum absolute atomic E-state index is 12.6. The van der Waals surface area contributed by atoms with Crippen LogP contribution in [0.3, 0.4) is 0 Å². The molecule has 2 aliphatic heterocycles. The van der Waals surface area contributed by atoms with Crippen LogP contribution in [0.2, 0.25) is 0 Å². The molecule has 1 saturated heterocycles. The van der Waals surface area contributed by atoms with Crippen molar-refractivity contribution in [3.05, 3.63) is 42.0 Å². The standard InChI is InChI=1S/C20H27N5O2/c1-15(2)19-22-13-16-4-12-27-20(18(16)23-19)5-9-25(10-6-20)17(26)3-8-24-11-7-21-14-24/h7,11,13-15H,3-6,8-10,12H2,1-2H3. The molecule has 1 amide bonds. The summed E-state index contributed by atoms with van der Waals surface area (Å²) in [4.78, 5) is 28.0.